The Kier molecular flexibility index (Phi) is 7.67. The highest BCUT2D eigenvalue weighted by Crippen LogP contribution is 2.49. The monoisotopic (exact) mass is 404 g/mol. The molecule has 0 bridgehead atoms. The number of hydrogen-bond acceptors (Lipinski definition) is 5. The molecule has 1 saturated heterocycles. The van der Waals surface area contributed by atoms with Crippen LogP contribution in [0.15, 0.2) is 0 Å². The van der Waals surface area contributed by atoms with Gasteiger partial charge in [0.2, 0.25) is 11.6 Å². The van der Waals surface area contributed by atoms with E-state index in [9.17, 15) is 28.3 Å². The van der Waals surface area contributed by atoms with Crippen LogP contribution in [0.5, 0.6) is 0 Å². The first-order valence-electron chi connectivity index (χ1n) is 10.2. The van der Waals surface area contributed by atoms with Crippen molar-refractivity contribution < 1.29 is 38.1 Å². The van der Waals surface area contributed by atoms with Crippen LogP contribution in [0.2, 0.25) is 0 Å². The second kappa shape index (κ2) is 9.39. The third-order valence-electron chi connectivity index (χ3n) is 6.05. The molecule has 0 amide bonds. The number of carboxylic acids is 1. The lowest BCUT2D eigenvalue weighted by Gasteiger charge is -2.43. The maximum Gasteiger partial charge on any atom is 0.372 e. The molecule has 1 heterocycles. The van der Waals surface area contributed by atoms with Gasteiger partial charge in [-0.05, 0) is 31.6 Å². The molecule has 0 aromatic rings. The van der Waals surface area contributed by atoms with Crippen LogP contribution >= 0.6 is 0 Å². The Labute approximate surface area is 163 Å². The summed E-state index contributed by atoms with van der Waals surface area (Å²) in [5.74, 6) is -8.58. The zero-order valence-electron chi connectivity index (χ0n) is 16.3. The molecule has 1 saturated carbocycles. The third kappa shape index (κ3) is 5.14. The van der Waals surface area contributed by atoms with Gasteiger partial charge in [-0.25, -0.2) is 13.6 Å². The van der Waals surface area contributed by atoms with Gasteiger partial charge < -0.3 is 14.9 Å². The van der Waals surface area contributed by atoms with E-state index >= 15 is 0 Å². The Bertz CT molecular complexity index is 593. The summed E-state index contributed by atoms with van der Waals surface area (Å²) in [5.41, 5.74) is 0. The summed E-state index contributed by atoms with van der Waals surface area (Å²) in [6.45, 7) is 1.80. The fourth-order valence-electron chi connectivity index (χ4n) is 4.36. The molecule has 0 spiro atoms. The van der Waals surface area contributed by atoms with E-state index in [1.807, 2.05) is 0 Å². The van der Waals surface area contributed by atoms with Crippen LogP contribution in [0.4, 0.5) is 8.78 Å². The molecule has 2 fully saturated rings. The van der Waals surface area contributed by atoms with Crippen molar-refractivity contribution in [2.45, 2.75) is 95.4 Å². The van der Waals surface area contributed by atoms with E-state index in [0.717, 1.165) is 0 Å². The Morgan fingerprint density at radius 3 is 2.61 bits per heavy atom. The minimum absolute atomic E-state index is 0.0248. The molecular weight excluding hydrogens is 374 g/mol. The molecule has 160 valence electrons. The molecule has 1 aliphatic heterocycles. The van der Waals surface area contributed by atoms with Crippen molar-refractivity contribution in [3.05, 3.63) is 0 Å². The van der Waals surface area contributed by atoms with Crippen LogP contribution in [0.1, 0.15) is 77.6 Å². The highest BCUT2D eigenvalue weighted by atomic mass is 19.3. The third-order valence-corrected chi connectivity index (χ3v) is 6.05. The van der Waals surface area contributed by atoms with Gasteiger partial charge in [0.05, 0.1) is 6.10 Å². The van der Waals surface area contributed by atoms with Crippen molar-refractivity contribution in [2.75, 3.05) is 0 Å². The number of ketones is 2. The van der Waals surface area contributed by atoms with Gasteiger partial charge in [-0.15, -0.1) is 0 Å². The predicted octanol–water partition coefficient (Wildman–Crippen LogP) is 3.49. The normalized spacial score (nSPS) is 30.3. The number of hydrogen-bond donors (Lipinski definition) is 2. The minimum Gasteiger partial charge on any atom is -0.476 e. The van der Waals surface area contributed by atoms with Crippen LogP contribution in [-0.2, 0) is 19.1 Å². The van der Waals surface area contributed by atoms with Crippen molar-refractivity contribution >= 4 is 17.5 Å². The Morgan fingerprint density at radius 2 is 1.96 bits per heavy atom. The van der Waals surface area contributed by atoms with Gasteiger partial charge in [0.25, 0.3) is 0 Å². The van der Waals surface area contributed by atoms with E-state index in [4.69, 9.17) is 9.84 Å². The van der Waals surface area contributed by atoms with Gasteiger partial charge in [-0.2, -0.15) is 0 Å². The first kappa shape index (κ1) is 22.9. The lowest BCUT2D eigenvalue weighted by Crippen LogP contribution is -2.55. The maximum absolute atomic E-state index is 14.4. The zero-order valence-corrected chi connectivity index (χ0v) is 16.3. The molecule has 2 N–H and O–H groups in total. The van der Waals surface area contributed by atoms with Gasteiger partial charge in [-0.1, -0.05) is 26.2 Å². The first-order chi connectivity index (χ1) is 13.1. The highest BCUT2D eigenvalue weighted by molar-refractivity contribution is 6.32. The van der Waals surface area contributed by atoms with Gasteiger partial charge in [0.15, 0.2) is 0 Å². The molecule has 0 radical (unpaired) electrons. The van der Waals surface area contributed by atoms with E-state index in [-0.39, 0.29) is 36.9 Å². The average molecular weight is 404 g/mol. The number of Topliss-reactive ketones (excluding diaryl/α,β-unsaturated/α-hetero) is 2. The Balaban J connectivity index is 1.85. The van der Waals surface area contributed by atoms with E-state index in [1.165, 1.54) is 0 Å². The van der Waals surface area contributed by atoms with Crippen molar-refractivity contribution in [3.8, 4) is 0 Å². The molecule has 4 atom stereocenters. The van der Waals surface area contributed by atoms with Crippen LogP contribution < -0.4 is 0 Å². The molecule has 2 aliphatic rings. The van der Waals surface area contributed by atoms with Crippen molar-refractivity contribution in [1.82, 2.24) is 0 Å². The van der Waals surface area contributed by atoms with Crippen molar-refractivity contribution in [2.24, 2.45) is 11.8 Å². The topological polar surface area (TPSA) is 101 Å². The van der Waals surface area contributed by atoms with Gasteiger partial charge in [-0.3, -0.25) is 9.59 Å². The number of alkyl halides is 2. The number of aliphatic carboxylic acids is 1. The Hall–Kier alpha value is -1.41. The van der Waals surface area contributed by atoms with Crippen molar-refractivity contribution in [1.29, 1.82) is 0 Å². The summed E-state index contributed by atoms with van der Waals surface area (Å²) in [6.07, 6.45) is 2.19. The SMILES string of the molecule is CCCCC(F)(F)[C@@]1(O)CC[C@H]2[C@@H](CC(=O)[C@@H]2CCCCCC(=O)C(=O)O)O1. The number of carboxylic acid groups (broad SMARTS) is 1. The van der Waals surface area contributed by atoms with Gasteiger partial charge in [0.1, 0.15) is 5.78 Å². The summed E-state index contributed by atoms with van der Waals surface area (Å²) >= 11 is 0. The summed E-state index contributed by atoms with van der Waals surface area (Å²) in [6, 6.07) is 0. The number of carbonyl (C=O) groups excluding carboxylic acids is 2. The number of halogens is 2. The number of fused-ring (bicyclic) bond motifs is 1. The van der Waals surface area contributed by atoms with Crippen LogP contribution in [0.3, 0.4) is 0 Å². The fourth-order valence-corrected chi connectivity index (χ4v) is 4.36. The van der Waals surface area contributed by atoms with Crippen LogP contribution in [0, 0.1) is 11.8 Å². The van der Waals surface area contributed by atoms with Crippen LogP contribution in [-0.4, -0.2) is 45.6 Å². The smallest absolute Gasteiger partial charge is 0.372 e. The van der Waals surface area contributed by atoms with E-state index in [0.29, 0.717) is 44.9 Å². The molecule has 0 aromatic carbocycles. The highest BCUT2D eigenvalue weighted by Gasteiger charge is 2.59. The summed E-state index contributed by atoms with van der Waals surface area (Å²) in [4.78, 5) is 33.9. The van der Waals surface area contributed by atoms with Crippen LogP contribution in [0.25, 0.3) is 0 Å². The summed E-state index contributed by atoms with van der Waals surface area (Å²) < 4.78 is 34.2. The minimum atomic E-state index is -3.34. The zero-order chi connectivity index (χ0) is 20.9. The molecule has 2 rings (SSSR count). The molecule has 0 unspecified atom stereocenters. The molecular formula is C20H30F2O6. The average Bonchev–Trinajstić information content (AvgIpc) is 2.93. The molecule has 1 aliphatic carbocycles. The molecule has 8 heteroatoms. The second-order valence-corrected chi connectivity index (χ2v) is 8.06. The lowest BCUT2D eigenvalue weighted by molar-refractivity contribution is -0.356. The standard InChI is InChI=1S/C20H30F2O6/c1-2-3-10-19(21,22)20(27)11-9-14-13(16(24)12-17(14)28-20)7-5-4-6-8-15(23)18(25)26/h13-14,17,27H,2-12H2,1H3,(H,25,26)/t13-,14-,17-,20-/m1/s1. The largest absolute Gasteiger partial charge is 0.476 e. The van der Waals surface area contributed by atoms with E-state index < -0.39 is 36.0 Å². The van der Waals surface area contributed by atoms with Crippen molar-refractivity contribution in [3.63, 3.8) is 0 Å². The number of ether oxygens (including phenoxy) is 1. The quantitative estimate of drug-likeness (QED) is 0.404. The second-order valence-electron chi connectivity index (χ2n) is 8.06. The first-order valence-corrected chi connectivity index (χ1v) is 10.2. The van der Waals surface area contributed by atoms with Gasteiger partial charge >= 0.3 is 11.9 Å². The lowest BCUT2D eigenvalue weighted by atomic mass is 9.81. The summed E-state index contributed by atoms with van der Waals surface area (Å²) in [5, 5.41) is 19.0. The van der Waals surface area contributed by atoms with Gasteiger partial charge in [0, 0.05) is 31.6 Å². The molecule has 6 nitrogen and oxygen atoms in total. The number of rotatable bonds is 11. The number of carbonyl (C=O) groups is 3. The fraction of sp³-hybridized carbons (Fsp3) is 0.850. The van der Waals surface area contributed by atoms with E-state index in [1.54, 1.807) is 6.92 Å². The molecule has 0 aromatic heterocycles. The number of unbranched alkanes of at least 4 members (excludes halogenated alkanes) is 3. The maximum atomic E-state index is 14.4. The summed E-state index contributed by atoms with van der Waals surface area (Å²) in [7, 11) is 0. The van der Waals surface area contributed by atoms with E-state index in [2.05, 4.69) is 0 Å². The molecule has 28 heavy (non-hydrogen) atoms. The Morgan fingerprint density at radius 1 is 1.25 bits per heavy atom. The number of aliphatic hydroxyl groups is 1. The predicted molar refractivity (Wildman–Crippen MR) is 95.9 cm³/mol.